The Morgan fingerprint density at radius 2 is 1.87 bits per heavy atom. The van der Waals surface area contributed by atoms with Gasteiger partial charge >= 0.3 is 6.03 Å². The first-order valence-corrected chi connectivity index (χ1v) is 11.7. The van der Waals surface area contributed by atoms with Crippen LogP contribution in [0.25, 0.3) is 0 Å². The number of nitrogens with one attached hydrogen (secondary N) is 1. The average Bonchev–Trinajstić information content (AvgIpc) is 2.65. The Morgan fingerprint density at radius 3 is 2.53 bits per heavy atom. The largest absolute Gasteiger partial charge is 0.439 e. The fourth-order valence-electron chi connectivity index (χ4n) is 2.21. The number of ether oxygens (including phenoxy) is 1. The predicted molar refractivity (Wildman–Crippen MR) is 130 cm³/mol. The standard InChI is InChI=1S/C18H13Br3ClN5O2S/c1-27(30-11-6-12(19)16(21)13(20)7-11)18(28)24-9-3-2-4-10(5-9)29-15-8-14(23)25-17(22)26-15/h2-8H,1H3,(H,24,28)(H2,23,25,26). The lowest BCUT2D eigenvalue weighted by molar-refractivity contribution is 0.243. The van der Waals surface area contributed by atoms with Crippen LogP contribution in [0.5, 0.6) is 11.6 Å². The Kier molecular flexibility index (Phi) is 7.86. The molecule has 0 bridgehead atoms. The van der Waals surface area contributed by atoms with Crippen molar-refractivity contribution in [3.8, 4) is 11.6 Å². The van der Waals surface area contributed by atoms with E-state index in [9.17, 15) is 4.79 Å². The first-order chi connectivity index (χ1) is 14.2. The van der Waals surface area contributed by atoms with E-state index in [0.717, 1.165) is 18.3 Å². The molecule has 7 nitrogen and oxygen atoms in total. The minimum Gasteiger partial charge on any atom is -0.439 e. The monoisotopic (exact) mass is 635 g/mol. The van der Waals surface area contributed by atoms with Crippen molar-refractivity contribution in [2.24, 2.45) is 0 Å². The van der Waals surface area contributed by atoms with Gasteiger partial charge in [-0.15, -0.1) is 0 Å². The molecule has 0 spiro atoms. The fraction of sp³-hybridized carbons (Fsp3) is 0.0556. The second-order valence-electron chi connectivity index (χ2n) is 5.75. The molecule has 0 fully saturated rings. The number of anilines is 2. The second kappa shape index (κ2) is 10.2. The molecule has 1 heterocycles. The highest BCUT2D eigenvalue weighted by molar-refractivity contribution is 9.14. The Bertz CT molecular complexity index is 1060. The minimum absolute atomic E-state index is 0.0145. The maximum absolute atomic E-state index is 12.6. The van der Waals surface area contributed by atoms with Gasteiger partial charge in [-0.2, -0.15) is 4.98 Å². The summed E-state index contributed by atoms with van der Waals surface area (Å²) in [5, 5.41) is 2.81. The summed E-state index contributed by atoms with van der Waals surface area (Å²) in [4.78, 5) is 21.2. The first-order valence-electron chi connectivity index (χ1n) is 8.16. The van der Waals surface area contributed by atoms with Gasteiger partial charge in [0.2, 0.25) is 11.2 Å². The maximum atomic E-state index is 12.6. The van der Waals surface area contributed by atoms with Gasteiger partial charge in [-0.25, -0.2) is 9.78 Å². The van der Waals surface area contributed by atoms with E-state index in [1.165, 1.54) is 22.3 Å². The van der Waals surface area contributed by atoms with Gasteiger partial charge in [0.25, 0.3) is 0 Å². The number of nitrogens with two attached hydrogens (primary N) is 1. The van der Waals surface area contributed by atoms with Crippen LogP contribution in [0.4, 0.5) is 16.3 Å². The highest BCUT2D eigenvalue weighted by Crippen LogP contribution is 2.36. The molecule has 2 amide bonds. The Morgan fingerprint density at radius 1 is 1.17 bits per heavy atom. The summed E-state index contributed by atoms with van der Waals surface area (Å²) < 4.78 is 9.80. The van der Waals surface area contributed by atoms with Crippen LogP contribution in [0.3, 0.4) is 0 Å². The molecule has 3 aromatic rings. The third-order valence-electron chi connectivity index (χ3n) is 3.49. The van der Waals surface area contributed by atoms with Gasteiger partial charge in [0.05, 0.1) is 0 Å². The smallest absolute Gasteiger partial charge is 0.331 e. The van der Waals surface area contributed by atoms with Crippen molar-refractivity contribution in [1.29, 1.82) is 0 Å². The number of carbonyl (C=O) groups excluding carboxylic acids is 1. The van der Waals surface area contributed by atoms with Gasteiger partial charge < -0.3 is 15.8 Å². The molecule has 0 saturated heterocycles. The normalized spacial score (nSPS) is 10.6. The first kappa shape index (κ1) is 23.1. The lowest BCUT2D eigenvalue weighted by Crippen LogP contribution is -2.25. The van der Waals surface area contributed by atoms with E-state index >= 15 is 0 Å². The molecule has 12 heteroatoms. The molecule has 3 rings (SSSR count). The number of halogens is 4. The van der Waals surface area contributed by atoms with Crippen LogP contribution in [0.1, 0.15) is 0 Å². The lowest BCUT2D eigenvalue weighted by Gasteiger charge is -2.17. The molecule has 0 aliphatic rings. The number of aromatic nitrogens is 2. The van der Waals surface area contributed by atoms with E-state index in [1.807, 2.05) is 12.1 Å². The molecule has 2 aromatic carbocycles. The zero-order valence-electron chi connectivity index (χ0n) is 15.2. The summed E-state index contributed by atoms with van der Waals surface area (Å²) in [7, 11) is 1.68. The third-order valence-corrected chi connectivity index (χ3v) is 7.71. The van der Waals surface area contributed by atoms with E-state index in [0.29, 0.717) is 11.4 Å². The van der Waals surface area contributed by atoms with E-state index in [2.05, 4.69) is 63.1 Å². The Hall–Kier alpha value is -1.53. The Balaban J connectivity index is 1.67. The van der Waals surface area contributed by atoms with Crippen LogP contribution in [0, 0.1) is 0 Å². The van der Waals surface area contributed by atoms with Crippen molar-refractivity contribution in [3.05, 3.63) is 61.2 Å². The van der Waals surface area contributed by atoms with E-state index in [-0.39, 0.29) is 23.0 Å². The quantitative estimate of drug-likeness (QED) is 0.178. The number of rotatable bonds is 5. The number of amides is 2. The SMILES string of the molecule is CN(Sc1cc(Br)c(Br)c(Br)c1)C(=O)Nc1cccc(Oc2cc(N)nc(Cl)n2)c1. The molecule has 3 N–H and O–H groups in total. The summed E-state index contributed by atoms with van der Waals surface area (Å²) in [5.74, 6) is 0.854. The van der Waals surface area contributed by atoms with Gasteiger partial charge in [0.15, 0.2) is 0 Å². The number of benzene rings is 2. The molecule has 156 valence electrons. The zero-order chi connectivity index (χ0) is 21.8. The summed E-state index contributed by atoms with van der Waals surface area (Å²) in [6.45, 7) is 0. The average molecular weight is 639 g/mol. The molecule has 30 heavy (non-hydrogen) atoms. The number of nitrogen functional groups attached to an aromatic ring is 1. The molecule has 1 aromatic heterocycles. The zero-order valence-corrected chi connectivity index (χ0v) is 21.5. The summed E-state index contributed by atoms with van der Waals surface area (Å²) in [6.07, 6.45) is 0. The molecule has 0 atom stereocenters. The summed E-state index contributed by atoms with van der Waals surface area (Å²) in [5.41, 5.74) is 6.20. The van der Waals surface area contributed by atoms with E-state index in [4.69, 9.17) is 22.1 Å². The van der Waals surface area contributed by atoms with Gasteiger partial charge in [-0.3, -0.25) is 4.31 Å². The molecular weight excluding hydrogens is 625 g/mol. The third kappa shape index (κ3) is 6.24. The number of carbonyl (C=O) groups is 1. The molecule has 0 unspecified atom stereocenters. The van der Waals surface area contributed by atoms with Crippen molar-refractivity contribution < 1.29 is 9.53 Å². The van der Waals surface area contributed by atoms with Crippen LogP contribution < -0.4 is 15.8 Å². The van der Waals surface area contributed by atoms with Crippen LogP contribution in [0.2, 0.25) is 5.28 Å². The highest BCUT2D eigenvalue weighted by atomic mass is 79.9. The topological polar surface area (TPSA) is 93.4 Å². The molecule has 0 aliphatic heterocycles. The number of urea groups is 1. The van der Waals surface area contributed by atoms with Gasteiger partial charge in [-0.1, -0.05) is 6.07 Å². The van der Waals surface area contributed by atoms with Crippen LogP contribution in [-0.2, 0) is 0 Å². The summed E-state index contributed by atoms with van der Waals surface area (Å²) in [6, 6.07) is 11.8. The Labute approximate surface area is 207 Å². The highest BCUT2D eigenvalue weighted by Gasteiger charge is 2.14. The number of hydrogen-bond acceptors (Lipinski definition) is 6. The predicted octanol–water partition coefficient (Wildman–Crippen LogP) is 6.96. The molecular formula is C18H13Br3ClN5O2S. The summed E-state index contributed by atoms with van der Waals surface area (Å²) >= 11 is 17.5. The van der Waals surface area contributed by atoms with Crippen molar-refractivity contribution in [2.45, 2.75) is 4.90 Å². The van der Waals surface area contributed by atoms with E-state index < -0.39 is 0 Å². The lowest BCUT2D eigenvalue weighted by atomic mass is 10.3. The van der Waals surface area contributed by atoms with Crippen LogP contribution >= 0.6 is 71.3 Å². The van der Waals surface area contributed by atoms with Crippen molar-refractivity contribution in [1.82, 2.24) is 14.3 Å². The maximum Gasteiger partial charge on any atom is 0.331 e. The minimum atomic E-state index is -0.304. The molecule has 0 aliphatic carbocycles. The fourth-order valence-corrected chi connectivity index (χ4v) is 4.90. The van der Waals surface area contributed by atoms with Crippen molar-refractivity contribution in [3.63, 3.8) is 0 Å². The van der Waals surface area contributed by atoms with Gasteiger partial charge in [-0.05, 0) is 95.6 Å². The van der Waals surface area contributed by atoms with Crippen molar-refractivity contribution in [2.75, 3.05) is 18.1 Å². The van der Waals surface area contributed by atoms with Crippen LogP contribution in [0.15, 0.2) is 60.8 Å². The number of hydrogen-bond donors (Lipinski definition) is 2. The van der Waals surface area contributed by atoms with E-state index in [1.54, 1.807) is 31.3 Å². The number of nitrogens with zero attached hydrogens (tertiary/aromatic N) is 3. The van der Waals surface area contributed by atoms with Gasteiger partial charge in [0.1, 0.15) is 11.6 Å². The second-order valence-corrected chi connectivity index (χ2v) is 9.79. The molecule has 0 saturated carbocycles. The van der Waals surface area contributed by atoms with Gasteiger partial charge in [0, 0.05) is 43.2 Å². The molecule has 0 radical (unpaired) electrons. The van der Waals surface area contributed by atoms with Crippen molar-refractivity contribution >= 4 is 88.9 Å². The van der Waals surface area contributed by atoms with Crippen LogP contribution in [-0.4, -0.2) is 27.4 Å².